The van der Waals surface area contributed by atoms with Crippen LogP contribution in [0.15, 0.2) is 18.6 Å². The van der Waals surface area contributed by atoms with Crippen LogP contribution in [-0.4, -0.2) is 38.8 Å². The monoisotopic (exact) mass is 302 g/mol. The van der Waals surface area contributed by atoms with Crippen molar-refractivity contribution in [2.75, 3.05) is 13.1 Å². The summed E-state index contributed by atoms with van der Waals surface area (Å²) in [6.07, 6.45) is 7.23. The fourth-order valence-electron chi connectivity index (χ4n) is 2.49. The lowest BCUT2D eigenvalue weighted by Gasteiger charge is -2.12. The first-order chi connectivity index (χ1) is 10.2. The molecule has 3 heterocycles. The van der Waals surface area contributed by atoms with Crippen molar-refractivity contribution in [3.05, 3.63) is 29.2 Å². The summed E-state index contributed by atoms with van der Waals surface area (Å²) in [7, 11) is 0. The van der Waals surface area contributed by atoms with Crippen molar-refractivity contribution in [3.8, 4) is 10.7 Å². The van der Waals surface area contributed by atoms with Crippen molar-refractivity contribution in [1.82, 2.24) is 19.9 Å². The molecule has 0 aliphatic carbocycles. The van der Waals surface area contributed by atoms with E-state index in [9.17, 15) is 4.79 Å². The molecule has 0 aromatic carbocycles. The maximum Gasteiger partial charge on any atom is 0.265 e. The summed E-state index contributed by atoms with van der Waals surface area (Å²) in [4.78, 5) is 28.1. The van der Waals surface area contributed by atoms with E-state index in [1.54, 1.807) is 18.6 Å². The largest absolute Gasteiger partial charge is 0.338 e. The van der Waals surface area contributed by atoms with Crippen molar-refractivity contribution in [3.63, 3.8) is 0 Å². The standard InChI is InChI=1S/C15H18N4OS/c1-10(2)12-13(17-6-5-16-12)14-18-9-11(21-14)15(20)19-7-3-4-8-19/h5-6,9-10H,3-4,7-8H2,1-2H3. The molecule has 0 N–H and O–H groups in total. The number of amides is 1. The smallest absolute Gasteiger partial charge is 0.265 e. The fraction of sp³-hybridized carbons (Fsp3) is 0.467. The highest BCUT2D eigenvalue weighted by molar-refractivity contribution is 7.16. The van der Waals surface area contributed by atoms with E-state index in [1.807, 2.05) is 4.90 Å². The number of thiazole rings is 1. The van der Waals surface area contributed by atoms with Gasteiger partial charge in [-0.05, 0) is 18.8 Å². The van der Waals surface area contributed by atoms with Crippen molar-refractivity contribution < 1.29 is 4.79 Å². The highest BCUT2D eigenvalue weighted by Crippen LogP contribution is 2.29. The second-order valence-corrected chi connectivity index (χ2v) is 6.50. The third-order valence-corrected chi connectivity index (χ3v) is 4.58. The number of aromatic nitrogens is 3. The van der Waals surface area contributed by atoms with Crippen LogP contribution in [0.3, 0.4) is 0 Å². The number of rotatable bonds is 3. The Hall–Kier alpha value is -1.82. The summed E-state index contributed by atoms with van der Waals surface area (Å²) in [5.74, 6) is 0.363. The third-order valence-electron chi connectivity index (χ3n) is 3.59. The van der Waals surface area contributed by atoms with Gasteiger partial charge < -0.3 is 4.90 Å². The van der Waals surface area contributed by atoms with Gasteiger partial charge in [0.05, 0.1) is 11.9 Å². The van der Waals surface area contributed by atoms with Gasteiger partial charge in [0, 0.05) is 25.5 Å². The van der Waals surface area contributed by atoms with Gasteiger partial charge in [0.1, 0.15) is 15.6 Å². The van der Waals surface area contributed by atoms with Crippen LogP contribution in [0.5, 0.6) is 0 Å². The molecule has 1 amide bonds. The number of hydrogen-bond donors (Lipinski definition) is 0. The van der Waals surface area contributed by atoms with E-state index in [4.69, 9.17) is 0 Å². The third kappa shape index (κ3) is 2.81. The molecule has 2 aromatic rings. The van der Waals surface area contributed by atoms with E-state index >= 15 is 0 Å². The first-order valence-electron chi connectivity index (χ1n) is 7.23. The Kier molecular flexibility index (Phi) is 3.96. The number of hydrogen-bond acceptors (Lipinski definition) is 5. The molecular weight excluding hydrogens is 284 g/mol. The molecule has 1 saturated heterocycles. The second kappa shape index (κ2) is 5.89. The predicted molar refractivity (Wildman–Crippen MR) is 82.4 cm³/mol. The van der Waals surface area contributed by atoms with Gasteiger partial charge in [-0.1, -0.05) is 13.8 Å². The molecule has 2 aromatic heterocycles. The average Bonchev–Trinajstić information content (AvgIpc) is 3.18. The van der Waals surface area contributed by atoms with Crippen LogP contribution in [0, 0.1) is 0 Å². The van der Waals surface area contributed by atoms with Gasteiger partial charge in [-0.3, -0.25) is 14.8 Å². The van der Waals surface area contributed by atoms with Gasteiger partial charge >= 0.3 is 0 Å². The summed E-state index contributed by atoms with van der Waals surface area (Å²) in [5, 5.41) is 0.773. The lowest BCUT2D eigenvalue weighted by molar-refractivity contribution is 0.0797. The molecule has 5 nitrogen and oxygen atoms in total. The molecule has 0 bridgehead atoms. The van der Waals surface area contributed by atoms with Crippen molar-refractivity contribution in [2.24, 2.45) is 0 Å². The molecule has 21 heavy (non-hydrogen) atoms. The zero-order valence-corrected chi connectivity index (χ0v) is 13.1. The Balaban J connectivity index is 1.90. The number of carbonyl (C=O) groups excluding carboxylic acids is 1. The van der Waals surface area contributed by atoms with Crippen LogP contribution in [0.25, 0.3) is 10.7 Å². The van der Waals surface area contributed by atoms with Crippen molar-refractivity contribution in [2.45, 2.75) is 32.6 Å². The minimum Gasteiger partial charge on any atom is -0.338 e. The van der Waals surface area contributed by atoms with Crippen LogP contribution in [0.4, 0.5) is 0 Å². The van der Waals surface area contributed by atoms with E-state index in [0.29, 0.717) is 4.88 Å². The highest BCUT2D eigenvalue weighted by atomic mass is 32.1. The molecule has 1 fully saturated rings. The molecule has 6 heteroatoms. The number of nitrogens with zero attached hydrogens (tertiary/aromatic N) is 4. The van der Waals surface area contributed by atoms with Crippen LogP contribution in [-0.2, 0) is 0 Å². The SMILES string of the molecule is CC(C)c1nccnc1-c1ncc(C(=O)N2CCCC2)s1. The predicted octanol–water partition coefficient (Wildman–Crippen LogP) is 2.96. The number of carbonyl (C=O) groups is 1. The van der Waals surface area contributed by atoms with Crippen molar-refractivity contribution in [1.29, 1.82) is 0 Å². The Morgan fingerprint density at radius 1 is 1.19 bits per heavy atom. The summed E-state index contributed by atoms with van der Waals surface area (Å²) in [5.41, 5.74) is 1.71. The molecule has 1 aliphatic rings. The van der Waals surface area contributed by atoms with E-state index < -0.39 is 0 Å². The van der Waals surface area contributed by atoms with E-state index in [1.165, 1.54) is 11.3 Å². The summed E-state index contributed by atoms with van der Waals surface area (Å²) >= 11 is 1.41. The minimum absolute atomic E-state index is 0.0891. The summed E-state index contributed by atoms with van der Waals surface area (Å²) in [6, 6.07) is 0. The molecule has 0 spiro atoms. The van der Waals surface area contributed by atoms with Gasteiger partial charge in [-0.15, -0.1) is 11.3 Å². The molecule has 0 radical (unpaired) electrons. The van der Waals surface area contributed by atoms with Crippen molar-refractivity contribution >= 4 is 17.2 Å². The Bertz CT molecular complexity index is 647. The second-order valence-electron chi connectivity index (χ2n) is 5.47. The molecule has 110 valence electrons. The van der Waals surface area contributed by atoms with E-state index in [2.05, 4.69) is 28.8 Å². The van der Waals surface area contributed by atoms with Crippen LogP contribution in [0.1, 0.15) is 48.0 Å². The maximum atomic E-state index is 12.4. The van der Waals surface area contributed by atoms with Crippen LogP contribution >= 0.6 is 11.3 Å². The first kappa shape index (κ1) is 14.1. The normalized spacial score (nSPS) is 14.9. The van der Waals surface area contributed by atoms with Gasteiger partial charge in [-0.25, -0.2) is 4.98 Å². The molecule has 0 saturated carbocycles. The first-order valence-corrected chi connectivity index (χ1v) is 8.05. The zero-order chi connectivity index (χ0) is 14.8. The van der Waals surface area contributed by atoms with Gasteiger partial charge in [-0.2, -0.15) is 0 Å². The van der Waals surface area contributed by atoms with Crippen LogP contribution in [0.2, 0.25) is 0 Å². The van der Waals surface area contributed by atoms with Gasteiger partial charge in [0.15, 0.2) is 0 Å². The van der Waals surface area contributed by atoms with E-state index in [-0.39, 0.29) is 11.8 Å². The minimum atomic E-state index is 0.0891. The average molecular weight is 302 g/mol. The Morgan fingerprint density at radius 2 is 1.90 bits per heavy atom. The quantitative estimate of drug-likeness (QED) is 0.874. The lowest BCUT2D eigenvalue weighted by Crippen LogP contribution is -2.26. The molecule has 3 rings (SSSR count). The number of likely N-dealkylation sites (tertiary alicyclic amines) is 1. The summed E-state index contributed by atoms with van der Waals surface area (Å²) in [6.45, 7) is 5.87. The van der Waals surface area contributed by atoms with Gasteiger partial charge in [0.25, 0.3) is 5.91 Å². The zero-order valence-electron chi connectivity index (χ0n) is 12.2. The highest BCUT2D eigenvalue weighted by Gasteiger charge is 2.23. The fourth-order valence-corrected chi connectivity index (χ4v) is 3.38. The van der Waals surface area contributed by atoms with Gasteiger partial charge in [0.2, 0.25) is 0 Å². The molecule has 0 atom stereocenters. The molecule has 1 aliphatic heterocycles. The lowest BCUT2D eigenvalue weighted by atomic mass is 10.1. The van der Waals surface area contributed by atoms with Crippen LogP contribution < -0.4 is 0 Å². The molecular formula is C15H18N4OS. The topological polar surface area (TPSA) is 59.0 Å². The Labute approximate surface area is 128 Å². The maximum absolute atomic E-state index is 12.4. The Morgan fingerprint density at radius 3 is 2.62 bits per heavy atom. The summed E-state index contributed by atoms with van der Waals surface area (Å²) < 4.78 is 0. The molecule has 0 unspecified atom stereocenters. The van der Waals surface area contributed by atoms with E-state index in [0.717, 1.165) is 42.3 Å².